The predicted octanol–water partition coefficient (Wildman–Crippen LogP) is -0.593. The van der Waals surface area contributed by atoms with Gasteiger partial charge in [0.1, 0.15) is 0 Å². The van der Waals surface area contributed by atoms with Crippen molar-refractivity contribution in [3.05, 3.63) is 12.1 Å². The van der Waals surface area contributed by atoms with E-state index < -0.39 is 17.9 Å². The van der Waals surface area contributed by atoms with Crippen LogP contribution in [-0.4, -0.2) is 21.0 Å². The molecule has 1 aromatic heterocycles. The summed E-state index contributed by atoms with van der Waals surface area (Å²) in [5, 5.41) is 17.7. The molecule has 1 rings (SSSR count). The van der Waals surface area contributed by atoms with Crippen LogP contribution in [0.1, 0.15) is 0 Å². The molecule has 60 valence electrons. The Morgan fingerprint density at radius 1 is 1.45 bits per heavy atom. The molecule has 0 saturated carbocycles. The molecule has 0 fully saturated rings. The third-order valence-electron chi connectivity index (χ3n) is 0.979. The van der Waals surface area contributed by atoms with Gasteiger partial charge in [-0.25, -0.2) is 4.79 Å². The zero-order chi connectivity index (χ0) is 8.43. The Kier molecular flexibility index (Phi) is 1.59. The number of amides is 1. The molecule has 0 aliphatic carbocycles. The van der Waals surface area contributed by atoms with E-state index in [-0.39, 0.29) is 0 Å². The molecule has 6 nitrogen and oxygen atoms in total. The quantitative estimate of drug-likeness (QED) is 0.508. The molecule has 0 saturated heterocycles. The van der Waals surface area contributed by atoms with E-state index in [0.29, 0.717) is 4.73 Å². The molecular weight excluding hydrogens is 152 g/mol. The number of rotatable bonds is 1. The fourth-order valence-corrected chi connectivity index (χ4v) is 0.585. The van der Waals surface area contributed by atoms with E-state index in [4.69, 9.17) is 10.2 Å². The lowest BCUT2D eigenvalue weighted by atomic mass is 10.6. The van der Waals surface area contributed by atoms with Crippen LogP contribution in [0.2, 0.25) is 0 Å². The van der Waals surface area contributed by atoms with Crippen molar-refractivity contribution in [1.29, 1.82) is 0 Å². The summed E-state index contributed by atoms with van der Waals surface area (Å²) in [6.07, 6.45) is -1.12. The fraction of sp³-hybridized carbons (Fsp3) is 0. The van der Waals surface area contributed by atoms with Gasteiger partial charge in [0, 0.05) is 12.1 Å². The van der Waals surface area contributed by atoms with E-state index in [9.17, 15) is 4.79 Å². The Balaban J connectivity index is 2.92. The first-order valence-electron chi connectivity index (χ1n) is 2.68. The Labute approximate surface area is 61.4 Å². The molecule has 1 aromatic rings. The van der Waals surface area contributed by atoms with Crippen LogP contribution < -0.4 is 10.6 Å². The smallest absolute Gasteiger partial charge is 0.429 e. The van der Waals surface area contributed by atoms with Gasteiger partial charge in [0.05, 0.1) is 0 Å². The van der Waals surface area contributed by atoms with E-state index in [1.807, 2.05) is 0 Å². The lowest BCUT2D eigenvalue weighted by molar-refractivity contribution is 0.116. The van der Waals surface area contributed by atoms with Crippen LogP contribution in [0, 0.1) is 0 Å². The maximum Gasteiger partial charge on any atom is 0.429 e. The van der Waals surface area contributed by atoms with Gasteiger partial charge in [-0.15, -0.1) is 4.73 Å². The van der Waals surface area contributed by atoms with Crippen molar-refractivity contribution in [1.82, 2.24) is 4.73 Å². The van der Waals surface area contributed by atoms with Crippen LogP contribution in [-0.2, 0) is 0 Å². The van der Waals surface area contributed by atoms with Crippen molar-refractivity contribution >= 4 is 6.09 Å². The van der Waals surface area contributed by atoms with Crippen LogP contribution in [0.3, 0.4) is 0 Å². The summed E-state index contributed by atoms with van der Waals surface area (Å²) in [5.41, 5.74) is 4.62. The van der Waals surface area contributed by atoms with Gasteiger partial charge in [-0.1, -0.05) is 0 Å². The molecule has 6 heteroatoms. The number of carbonyl (C=O) groups is 1. The minimum atomic E-state index is -1.12. The van der Waals surface area contributed by atoms with E-state index in [1.165, 1.54) is 0 Å². The summed E-state index contributed by atoms with van der Waals surface area (Å²) in [4.78, 5) is 14.3. The second-order valence-electron chi connectivity index (χ2n) is 1.75. The number of aromatic hydroxyl groups is 2. The summed E-state index contributed by atoms with van der Waals surface area (Å²) in [7, 11) is 0. The van der Waals surface area contributed by atoms with E-state index in [2.05, 4.69) is 10.6 Å². The molecule has 0 atom stereocenters. The van der Waals surface area contributed by atoms with Gasteiger partial charge < -0.3 is 20.8 Å². The molecule has 0 aliphatic rings. The number of hydrogen-bond donors (Lipinski definition) is 3. The second-order valence-corrected chi connectivity index (χ2v) is 1.75. The van der Waals surface area contributed by atoms with Gasteiger partial charge in [0.25, 0.3) is 0 Å². The van der Waals surface area contributed by atoms with Gasteiger partial charge in [-0.05, 0) is 0 Å². The summed E-state index contributed by atoms with van der Waals surface area (Å²) < 4.78 is 0.502. The molecule has 4 N–H and O–H groups in total. The van der Waals surface area contributed by atoms with Crippen molar-refractivity contribution in [3.63, 3.8) is 0 Å². The lowest BCUT2D eigenvalue weighted by Crippen LogP contribution is -2.24. The number of nitrogens with two attached hydrogens (primary N) is 1. The zero-order valence-electron chi connectivity index (χ0n) is 5.39. The third-order valence-corrected chi connectivity index (χ3v) is 0.979. The van der Waals surface area contributed by atoms with E-state index in [0.717, 1.165) is 12.1 Å². The maximum absolute atomic E-state index is 10.1. The lowest BCUT2D eigenvalue weighted by Gasteiger charge is -2.02. The van der Waals surface area contributed by atoms with Gasteiger partial charge >= 0.3 is 6.09 Å². The van der Waals surface area contributed by atoms with E-state index in [1.54, 1.807) is 0 Å². The number of carbonyl (C=O) groups excluding carboxylic acids is 1. The monoisotopic (exact) mass is 158 g/mol. The Hall–Kier alpha value is -1.85. The van der Waals surface area contributed by atoms with Gasteiger partial charge in [-0.2, -0.15) is 0 Å². The Morgan fingerprint density at radius 2 is 1.91 bits per heavy atom. The summed E-state index contributed by atoms with van der Waals surface area (Å²) >= 11 is 0. The fourth-order valence-electron chi connectivity index (χ4n) is 0.585. The van der Waals surface area contributed by atoms with Crippen molar-refractivity contribution in [3.8, 4) is 11.8 Å². The second kappa shape index (κ2) is 2.41. The Morgan fingerprint density at radius 3 is 2.27 bits per heavy atom. The number of primary amides is 1. The average Bonchev–Trinajstić information content (AvgIpc) is 2.18. The molecule has 1 heterocycles. The van der Waals surface area contributed by atoms with Crippen LogP contribution in [0.15, 0.2) is 12.1 Å². The number of aromatic nitrogens is 1. The van der Waals surface area contributed by atoms with Gasteiger partial charge in [0.15, 0.2) is 0 Å². The maximum atomic E-state index is 10.1. The van der Waals surface area contributed by atoms with Gasteiger partial charge in [0.2, 0.25) is 11.8 Å². The molecule has 0 aromatic carbocycles. The molecule has 0 aliphatic heterocycles. The first-order chi connectivity index (χ1) is 5.11. The standard InChI is InChI=1S/C5H6N2O4/c6-5(10)11-7-3(8)1-2-4(7)9/h1-2,8-9H,(H2,6,10). The first kappa shape index (κ1) is 7.26. The van der Waals surface area contributed by atoms with Crippen LogP contribution in [0.25, 0.3) is 0 Å². The Bertz CT molecular complexity index is 261. The molecule has 0 spiro atoms. The highest BCUT2D eigenvalue weighted by Crippen LogP contribution is 2.18. The van der Waals surface area contributed by atoms with E-state index >= 15 is 0 Å². The van der Waals surface area contributed by atoms with Crippen LogP contribution in [0.5, 0.6) is 11.8 Å². The SMILES string of the molecule is NC(=O)On1c(O)ccc1O. The summed E-state index contributed by atoms with van der Waals surface area (Å²) in [6, 6.07) is 2.30. The minimum Gasteiger partial charge on any atom is -0.492 e. The molecule has 11 heavy (non-hydrogen) atoms. The third kappa shape index (κ3) is 1.34. The molecule has 0 radical (unpaired) electrons. The van der Waals surface area contributed by atoms with Crippen LogP contribution in [0.4, 0.5) is 4.79 Å². The van der Waals surface area contributed by atoms with Crippen molar-refractivity contribution in [2.24, 2.45) is 5.73 Å². The highest BCUT2D eigenvalue weighted by atomic mass is 16.7. The van der Waals surface area contributed by atoms with Crippen molar-refractivity contribution in [2.75, 3.05) is 0 Å². The predicted molar refractivity (Wildman–Crippen MR) is 33.9 cm³/mol. The molecule has 0 unspecified atom stereocenters. The molecule has 1 amide bonds. The average molecular weight is 158 g/mol. The molecular formula is C5H6N2O4. The number of nitrogens with zero attached hydrogens (tertiary/aromatic N) is 1. The van der Waals surface area contributed by atoms with Crippen molar-refractivity contribution < 1.29 is 19.8 Å². The van der Waals surface area contributed by atoms with Crippen LogP contribution >= 0.6 is 0 Å². The number of hydrogen-bond acceptors (Lipinski definition) is 4. The minimum absolute atomic E-state index is 0.402. The van der Waals surface area contributed by atoms with Gasteiger partial charge in [-0.3, -0.25) is 0 Å². The first-order valence-corrected chi connectivity index (χ1v) is 2.68. The largest absolute Gasteiger partial charge is 0.492 e. The highest BCUT2D eigenvalue weighted by Gasteiger charge is 2.08. The topological polar surface area (TPSA) is 97.7 Å². The zero-order valence-corrected chi connectivity index (χ0v) is 5.39. The summed E-state index contributed by atoms with van der Waals surface area (Å²) in [6.45, 7) is 0. The summed E-state index contributed by atoms with van der Waals surface area (Å²) in [5.74, 6) is -0.803. The highest BCUT2D eigenvalue weighted by molar-refractivity contribution is 5.65. The van der Waals surface area contributed by atoms with Crippen molar-refractivity contribution in [2.45, 2.75) is 0 Å². The normalized spacial score (nSPS) is 9.45. The molecule has 0 bridgehead atoms.